The summed E-state index contributed by atoms with van der Waals surface area (Å²) in [5.41, 5.74) is 0.257. The Hall–Kier alpha value is -1.62. The van der Waals surface area contributed by atoms with E-state index in [0.717, 1.165) is 12.8 Å². The van der Waals surface area contributed by atoms with Gasteiger partial charge in [-0.25, -0.2) is 9.78 Å². The Morgan fingerprint density at radius 1 is 1.44 bits per heavy atom. The van der Waals surface area contributed by atoms with Crippen molar-refractivity contribution < 1.29 is 14.7 Å². The van der Waals surface area contributed by atoms with Crippen LogP contribution in [-0.2, 0) is 4.79 Å². The summed E-state index contributed by atoms with van der Waals surface area (Å²) in [4.78, 5) is 28.6. The molecule has 0 bridgehead atoms. The van der Waals surface area contributed by atoms with Crippen LogP contribution in [-0.4, -0.2) is 39.5 Å². The smallest absolute Gasteiger partial charge is 0.326 e. The minimum absolute atomic E-state index is 0.109. The number of carboxylic acid groups (broad SMARTS) is 1. The molecule has 96 valence electrons. The molecule has 18 heavy (non-hydrogen) atoms. The highest BCUT2D eigenvalue weighted by Gasteiger charge is 2.33. The van der Waals surface area contributed by atoms with Gasteiger partial charge in [-0.1, -0.05) is 11.6 Å². The molecule has 2 heterocycles. The van der Waals surface area contributed by atoms with Crippen molar-refractivity contribution in [1.29, 1.82) is 0 Å². The molecule has 6 heteroatoms. The number of amides is 1. The van der Waals surface area contributed by atoms with E-state index in [1.54, 1.807) is 12.1 Å². The van der Waals surface area contributed by atoms with Gasteiger partial charge in [-0.2, -0.15) is 0 Å². The Bertz CT molecular complexity index is 478. The molecule has 0 saturated carbocycles. The number of carbonyl (C=O) groups is 2. The van der Waals surface area contributed by atoms with Crippen LogP contribution in [0, 0.1) is 0 Å². The Kier molecular flexibility index (Phi) is 3.81. The highest BCUT2D eigenvalue weighted by Crippen LogP contribution is 2.22. The summed E-state index contributed by atoms with van der Waals surface area (Å²) < 4.78 is 0. The normalized spacial score (nSPS) is 19.6. The number of piperidine rings is 1. The molecule has 1 aromatic rings. The summed E-state index contributed by atoms with van der Waals surface area (Å²) in [6.45, 7) is 0.445. The summed E-state index contributed by atoms with van der Waals surface area (Å²) in [5, 5.41) is 9.24. The van der Waals surface area contributed by atoms with Gasteiger partial charge in [0.05, 0.1) is 5.56 Å². The Balaban J connectivity index is 2.27. The van der Waals surface area contributed by atoms with Gasteiger partial charge < -0.3 is 10.0 Å². The fraction of sp³-hybridized carbons (Fsp3) is 0.417. The van der Waals surface area contributed by atoms with Crippen molar-refractivity contribution in [2.75, 3.05) is 6.54 Å². The third-order valence-electron chi connectivity index (χ3n) is 3.04. The van der Waals surface area contributed by atoms with E-state index in [1.165, 1.54) is 11.1 Å². The van der Waals surface area contributed by atoms with Crippen molar-refractivity contribution in [2.24, 2.45) is 0 Å². The summed E-state index contributed by atoms with van der Waals surface area (Å²) >= 11 is 5.86. The molecule has 1 N–H and O–H groups in total. The fourth-order valence-corrected chi connectivity index (χ4v) is 2.33. The molecule has 1 aromatic heterocycles. The standard InChI is InChI=1S/C12H13ClN2O3/c13-10-8(4-3-6-14-10)11(16)15-7-2-1-5-9(15)12(17)18/h3-4,6,9H,1-2,5,7H2,(H,17,18)/t9-/m0/s1. The molecule has 0 spiro atoms. The van der Waals surface area contributed by atoms with Crippen molar-refractivity contribution >= 4 is 23.5 Å². The number of aliphatic carboxylic acids is 1. The highest BCUT2D eigenvalue weighted by molar-refractivity contribution is 6.32. The molecule has 0 aliphatic carbocycles. The SMILES string of the molecule is O=C(O)[C@@H]1CCCCN1C(=O)c1cccnc1Cl. The van der Waals surface area contributed by atoms with Gasteiger partial charge >= 0.3 is 5.97 Å². The van der Waals surface area contributed by atoms with Crippen LogP contribution in [0.15, 0.2) is 18.3 Å². The number of rotatable bonds is 2. The summed E-state index contributed by atoms with van der Waals surface area (Å²) in [6, 6.07) is 2.41. The van der Waals surface area contributed by atoms with E-state index >= 15 is 0 Å². The Labute approximate surface area is 109 Å². The second-order valence-electron chi connectivity index (χ2n) is 4.19. The summed E-state index contributed by atoms with van der Waals surface area (Å²) in [5.74, 6) is -1.33. The van der Waals surface area contributed by atoms with Crippen LogP contribution in [0.3, 0.4) is 0 Å². The molecule has 0 aromatic carbocycles. The second-order valence-corrected chi connectivity index (χ2v) is 4.55. The number of nitrogens with zero attached hydrogens (tertiary/aromatic N) is 2. The topological polar surface area (TPSA) is 70.5 Å². The lowest BCUT2D eigenvalue weighted by Crippen LogP contribution is -2.48. The van der Waals surface area contributed by atoms with Crippen molar-refractivity contribution in [2.45, 2.75) is 25.3 Å². The van der Waals surface area contributed by atoms with Crippen molar-refractivity contribution in [3.05, 3.63) is 29.0 Å². The lowest BCUT2D eigenvalue weighted by Gasteiger charge is -2.33. The lowest BCUT2D eigenvalue weighted by molar-refractivity contribution is -0.143. The monoisotopic (exact) mass is 268 g/mol. The van der Waals surface area contributed by atoms with Crippen LogP contribution in [0.25, 0.3) is 0 Å². The molecular weight excluding hydrogens is 256 g/mol. The maximum Gasteiger partial charge on any atom is 0.326 e. The minimum atomic E-state index is -0.969. The van der Waals surface area contributed by atoms with Crippen LogP contribution < -0.4 is 0 Å². The number of carboxylic acids is 1. The molecular formula is C12H13ClN2O3. The molecule has 2 rings (SSSR count). The van der Waals surface area contributed by atoms with Gasteiger partial charge in [0.2, 0.25) is 0 Å². The van der Waals surface area contributed by atoms with Crippen LogP contribution in [0.1, 0.15) is 29.6 Å². The molecule has 1 fully saturated rings. The third-order valence-corrected chi connectivity index (χ3v) is 3.34. The third kappa shape index (κ3) is 2.46. The van der Waals surface area contributed by atoms with Crippen LogP contribution >= 0.6 is 11.6 Å². The van der Waals surface area contributed by atoms with Gasteiger partial charge in [0, 0.05) is 12.7 Å². The van der Waals surface area contributed by atoms with Gasteiger partial charge in [-0.05, 0) is 31.4 Å². The number of pyridine rings is 1. The number of likely N-dealkylation sites (tertiary alicyclic amines) is 1. The van der Waals surface area contributed by atoms with E-state index in [1.807, 2.05) is 0 Å². The van der Waals surface area contributed by atoms with E-state index < -0.39 is 12.0 Å². The average molecular weight is 269 g/mol. The van der Waals surface area contributed by atoms with Crippen LogP contribution in [0.5, 0.6) is 0 Å². The molecule has 1 aliphatic rings. The number of halogens is 1. The first-order chi connectivity index (χ1) is 8.61. The van der Waals surface area contributed by atoms with Crippen LogP contribution in [0.2, 0.25) is 5.15 Å². The molecule has 5 nitrogen and oxygen atoms in total. The summed E-state index contributed by atoms with van der Waals surface area (Å²) in [7, 11) is 0. The maximum atomic E-state index is 12.3. The van der Waals surface area contributed by atoms with Crippen LogP contribution in [0.4, 0.5) is 0 Å². The number of carbonyl (C=O) groups excluding carboxylic acids is 1. The average Bonchev–Trinajstić information content (AvgIpc) is 2.38. The maximum absolute atomic E-state index is 12.3. The van der Waals surface area contributed by atoms with Gasteiger partial charge in [-0.3, -0.25) is 4.79 Å². The summed E-state index contributed by atoms with van der Waals surface area (Å²) in [6.07, 6.45) is 3.61. The highest BCUT2D eigenvalue weighted by atomic mass is 35.5. The Morgan fingerprint density at radius 2 is 2.22 bits per heavy atom. The van der Waals surface area contributed by atoms with Gasteiger partial charge in [0.25, 0.3) is 5.91 Å². The zero-order chi connectivity index (χ0) is 13.1. The second kappa shape index (κ2) is 5.35. The minimum Gasteiger partial charge on any atom is -0.480 e. The molecule has 1 aliphatic heterocycles. The zero-order valence-electron chi connectivity index (χ0n) is 9.67. The first-order valence-corrected chi connectivity index (χ1v) is 6.13. The zero-order valence-corrected chi connectivity index (χ0v) is 10.4. The first kappa shape index (κ1) is 12.8. The molecule has 1 amide bonds. The molecule has 1 atom stereocenters. The van der Waals surface area contributed by atoms with Gasteiger partial charge in [-0.15, -0.1) is 0 Å². The predicted molar refractivity (Wildman–Crippen MR) is 65.6 cm³/mol. The van der Waals surface area contributed by atoms with E-state index in [0.29, 0.717) is 13.0 Å². The van der Waals surface area contributed by atoms with Gasteiger partial charge in [0.15, 0.2) is 0 Å². The van der Waals surface area contributed by atoms with Crippen molar-refractivity contribution in [1.82, 2.24) is 9.88 Å². The number of hydrogen-bond acceptors (Lipinski definition) is 3. The lowest BCUT2D eigenvalue weighted by atomic mass is 10.0. The predicted octanol–water partition coefficient (Wildman–Crippen LogP) is 1.81. The molecule has 0 unspecified atom stereocenters. The molecule has 1 saturated heterocycles. The quantitative estimate of drug-likeness (QED) is 0.831. The van der Waals surface area contributed by atoms with E-state index in [2.05, 4.69) is 4.98 Å². The largest absolute Gasteiger partial charge is 0.480 e. The van der Waals surface area contributed by atoms with Gasteiger partial charge in [0.1, 0.15) is 11.2 Å². The van der Waals surface area contributed by atoms with E-state index in [-0.39, 0.29) is 16.6 Å². The number of aromatic nitrogens is 1. The van der Waals surface area contributed by atoms with Crippen molar-refractivity contribution in [3.8, 4) is 0 Å². The fourth-order valence-electron chi connectivity index (χ4n) is 2.13. The van der Waals surface area contributed by atoms with Crippen molar-refractivity contribution in [3.63, 3.8) is 0 Å². The Morgan fingerprint density at radius 3 is 2.89 bits per heavy atom. The number of hydrogen-bond donors (Lipinski definition) is 1. The van der Waals surface area contributed by atoms with E-state index in [9.17, 15) is 9.59 Å². The van der Waals surface area contributed by atoms with E-state index in [4.69, 9.17) is 16.7 Å². The first-order valence-electron chi connectivity index (χ1n) is 5.75. The molecule has 0 radical (unpaired) electrons.